The Balaban J connectivity index is 3.29. The number of hydrogen-bond donors (Lipinski definition) is 1. The zero-order valence-corrected chi connectivity index (χ0v) is 11.1. The summed E-state index contributed by atoms with van der Waals surface area (Å²) in [7, 11) is -0.916. The lowest BCUT2D eigenvalue weighted by Gasteiger charge is -2.17. The van der Waals surface area contributed by atoms with Crippen LogP contribution in [0.5, 0.6) is 5.75 Å². The summed E-state index contributed by atoms with van der Waals surface area (Å²) in [5, 5.41) is 9.00. The van der Waals surface area contributed by atoms with Gasteiger partial charge in [-0.1, -0.05) is 12.0 Å². The molecule has 0 fully saturated rings. The first-order valence-corrected chi connectivity index (χ1v) is 6.59. The molecule has 1 aromatic rings. The summed E-state index contributed by atoms with van der Waals surface area (Å²) in [6, 6.07) is 4.41. The van der Waals surface area contributed by atoms with Crippen molar-refractivity contribution in [2.24, 2.45) is 0 Å². The van der Waals surface area contributed by atoms with Gasteiger partial charge in [0, 0.05) is 7.05 Å². The largest absolute Gasteiger partial charge is 0.495 e. The molecule has 98 valence electrons. The van der Waals surface area contributed by atoms with E-state index in [1.165, 1.54) is 32.4 Å². The molecule has 0 radical (unpaired) electrons. The molecule has 0 spiro atoms. The minimum atomic E-state index is -3.68. The molecular weight excluding hydrogens is 254 g/mol. The van der Waals surface area contributed by atoms with E-state index in [0.717, 1.165) is 4.31 Å². The number of hydrogen-bond acceptors (Lipinski definition) is 4. The molecule has 0 atom stereocenters. The van der Waals surface area contributed by atoms with Crippen molar-refractivity contribution in [2.45, 2.75) is 11.5 Å². The standard InChI is InChI=1S/C12H15NO4S/c1-4-7-13(2)18(15,16)12-6-5-10(9-14)8-11(12)17-3/h1,5-6,8,14H,7,9H2,2-3H3. The first kappa shape index (κ1) is 14.5. The summed E-state index contributed by atoms with van der Waals surface area (Å²) < 4.78 is 30.5. The topological polar surface area (TPSA) is 66.8 Å². The first-order valence-electron chi connectivity index (χ1n) is 5.15. The smallest absolute Gasteiger partial charge is 0.247 e. The minimum Gasteiger partial charge on any atom is -0.495 e. The van der Waals surface area contributed by atoms with E-state index in [0.29, 0.717) is 5.56 Å². The molecule has 1 aromatic carbocycles. The van der Waals surface area contributed by atoms with Gasteiger partial charge in [0.1, 0.15) is 10.6 Å². The summed E-state index contributed by atoms with van der Waals surface area (Å²) in [5.74, 6) is 2.45. The van der Waals surface area contributed by atoms with Crippen LogP contribution in [0.3, 0.4) is 0 Å². The van der Waals surface area contributed by atoms with Crippen LogP contribution in [0.2, 0.25) is 0 Å². The van der Waals surface area contributed by atoms with Crippen LogP contribution in [-0.2, 0) is 16.6 Å². The molecule has 18 heavy (non-hydrogen) atoms. The number of ether oxygens (including phenoxy) is 1. The molecule has 0 saturated carbocycles. The third-order valence-electron chi connectivity index (χ3n) is 2.41. The van der Waals surface area contributed by atoms with Crippen LogP contribution in [-0.4, -0.2) is 38.5 Å². The third-order valence-corrected chi connectivity index (χ3v) is 4.26. The van der Waals surface area contributed by atoms with Crippen LogP contribution in [0.1, 0.15) is 5.56 Å². The molecule has 5 nitrogen and oxygen atoms in total. The number of terminal acetylenes is 1. The predicted molar refractivity (Wildman–Crippen MR) is 67.6 cm³/mol. The minimum absolute atomic E-state index is 0.0206. The summed E-state index contributed by atoms with van der Waals surface area (Å²) in [6.45, 7) is -0.204. The fourth-order valence-electron chi connectivity index (χ4n) is 1.40. The Morgan fingerprint density at radius 3 is 2.67 bits per heavy atom. The lowest BCUT2D eigenvalue weighted by molar-refractivity contribution is 0.280. The second-order valence-corrected chi connectivity index (χ2v) is 5.62. The van der Waals surface area contributed by atoms with E-state index >= 15 is 0 Å². The van der Waals surface area contributed by atoms with Gasteiger partial charge in [-0.2, -0.15) is 4.31 Å². The Hall–Kier alpha value is -1.55. The molecule has 6 heteroatoms. The van der Waals surface area contributed by atoms with Crippen LogP contribution in [0, 0.1) is 12.3 Å². The maximum absolute atomic E-state index is 12.2. The van der Waals surface area contributed by atoms with Crippen LogP contribution in [0.15, 0.2) is 23.1 Å². The molecule has 0 aliphatic carbocycles. The average Bonchev–Trinajstić information content (AvgIpc) is 2.38. The number of methoxy groups -OCH3 is 1. The van der Waals surface area contributed by atoms with Gasteiger partial charge in [0.2, 0.25) is 10.0 Å². The maximum atomic E-state index is 12.2. The summed E-state index contributed by atoms with van der Waals surface area (Å²) in [5.41, 5.74) is 0.574. The summed E-state index contributed by atoms with van der Waals surface area (Å²) in [4.78, 5) is 0.0277. The van der Waals surface area contributed by atoms with Crippen molar-refractivity contribution in [2.75, 3.05) is 20.7 Å². The highest BCUT2D eigenvalue weighted by atomic mass is 32.2. The van der Waals surface area contributed by atoms with Crippen molar-refractivity contribution < 1.29 is 18.3 Å². The zero-order chi connectivity index (χ0) is 13.8. The first-order chi connectivity index (χ1) is 8.47. The molecule has 0 saturated heterocycles. The van der Waals surface area contributed by atoms with Crippen molar-refractivity contribution in [3.05, 3.63) is 23.8 Å². The van der Waals surface area contributed by atoms with Crippen molar-refractivity contribution in [1.29, 1.82) is 0 Å². The van der Waals surface area contributed by atoms with Gasteiger partial charge in [-0.25, -0.2) is 8.42 Å². The van der Waals surface area contributed by atoms with E-state index in [9.17, 15) is 8.42 Å². The van der Waals surface area contributed by atoms with Gasteiger partial charge in [0.05, 0.1) is 20.3 Å². The van der Waals surface area contributed by atoms with E-state index in [-0.39, 0.29) is 23.8 Å². The van der Waals surface area contributed by atoms with Gasteiger partial charge in [0.25, 0.3) is 0 Å². The second kappa shape index (κ2) is 5.87. The van der Waals surface area contributed by atoms with Crippen LogP contribution < -0.4 is 4.74 Å². The van der Waals surface area contributed by atoms with Gasteiger partial charge in [-0.15, -0.1) is 6.42 Å². The Bertz CT molecular complexity index is 560. The van der Waals surface area contributed by atoms with E-state index in [2.05, 4.69) is 5.92 Å². The highest BCUT2D eigenvalue weighted by Crippen LogP contribution is 2.27. The second-order valence-electron chi connectivity index (χ2n) is 3.61. The highest BCUT2D eigenvalue weighted by Gasteiger charge is 2.24. The molecule has 0 aliphatic heterocycles. The number of aliphatic hydroxyl groups is 1. The number of benzene rings is 1. The van der Waals surface area contributed by atoms with Gasteiger partial charge < -0.3 is 9.84 Å². The van der Waals surface area contributed by atoms with Crippen LogP contribution in [0.25, 0.3) is 0 Å². The lowest BCUT2D eigenvalue weighted by Crippen LogP contribution is -2.27. The molecule has 0 aromatic heterocycles. The quantitative estimate of drug-likeness (QED) is 0.788. The Morgan fingerprint density at radius 2 is 2.17 bits per heavy atom. The molecule has 0 unspecified atom stereocenters. The number of rotatable bonds is 5. The van der Waals surface area contributed by atoms with E-state index in [4.69, 9.17) is 16.3 Å². The number of nitrogens with zero attached hydrogens (tertiary/aromatic N) is 1. The summed E-state index contributed by atoms with van der Waals surface area (Å²) >= 11 is 0. The molecule has 1 rings (SSSR count). The van der Waals surface area contributed by atoms with Gasteiger partial charge in [-0.3, -0.25) is 0 Å². The predicted octanol–water partition coefficient (Wildman–Crippen LogP) is 0.441. The van der Waals surface area contributed by atoms with Crippen molar-refractivity contribution in [3.8, 4) is 18.1 Å². The zero-order valence-electron chi connectivity index (χ0n) is 10.3. The van der Waals surface area contributed by atoms with Crippen molar-refractivity contribution in [3.63, 3.8) is 0 Å². The monoisotopic (exact) mass is 269 g/mol. The number of aliphatic hydroxyl groups excluding tert-OH is 1. The third kappa shape index (κ3) is 2.82. The van der Waals surface area contributed by atoms with Gasteiger partial charge in [-0.05, 0) is 17.7 Å². The Morgan fingerprint density at radius 1 is 1.50 bits per heavy atom. The highest BCUT2D eigenvalue weighted by molar-refractivity contribution is 7.89. The van der Waals surface area contributed by atoms with Crippen LogP contribution >= 0.6 is 0 Å². The SMILES string of the molecule is C#CCN(C)S(=O)(=O)c1ccc(CO)cc1OC. The molecular formula is C12H15NO4S. The Kier molecular flexibility index (Phi) is 4.73. The molecule has 1 N–H and O–H groups in total. The lowest BCUT2D eigenvalue weighted by atomic mass is 10.2. The van der Waals surface area contributed by atoms with Crippen molar-refractivity contribution in [1.82, 2.24) is 4.31 Å². The fraction of sp³-hybridized carbons (Fsp3) is 0.333. The molecule has 0 heterocycles. The van der Waals surface area contributed by atoms with Gasteiger partial charge in [0.15, 0.2) is 0 Å². The molecule has 0 bridgehead atoms. The molecule has 0 aliphatic rings. The molecule has 0 amide bonds. The van der Waals surface area contributed by atoms with Crippen molar-refractivity contribution >= 4 is 10.0 Å². The number of sulfonamides is 1. The van der Waals surface area contributed by atoms with E-state index in [1.807, 2.05) is 0 Å². The van der Waals surface area contributed by atoms with Crippen LogP contribution in [0.4, 0.5) is 0 Å². The maximum Gasteiger partial charge on any atom is 0.247 e. The van der Waals surface area contributed by atoms with E-state index < -0.39 is 10.0 Å². The summed E-state index contributed by atoms with van der Waals surface area (Å²) in [6.07, 6.45) is 5.10. The Labute approximate surface area is 107 Å². The van der Waals surface area contributed by atoms with E-state index in [1.54, 1.807) is 0 Å². The normalized spacial score (nSPS) is 11.3. The fourth-order valence-corrected chi connectivity index (χ4v) is 2.62. The van der Waals surface area contributed by atoms with Gasteiger partial charge >= 0.3 is 0 Å². The average molecular weight is 269 g/mol.